The number of fused-ring (bicyclic) bond motifs is 1. The van der Waals surface area contributed by atoms with Gasteiger partial charge in [0.05, 0.1) is 18.8 Å². The van der Waals surface area contributed by atoms with Gasteiger partial charge in [0.2, 0.25) is 0 Å². The lowest BCUT2D eigenvalue weighted by Gasteiger charge is -2.24. The van der Waals surface area contributed by atoms with Crippen molar-refractivity contribution >= 4 is 16.7 Å². The third-order valence-electron chi connectivity index (χ3n) is 6.27. The van der Waals surface area contributed by atoms with Gasteiger partial charge in [0, 0.05) is 43.4 Å². The van der Waals surface area contributed by atoms with E-state index in [1.54, 1.807) is 7.11 Å². The van der Waals surface area contributed by atoms with Gasteiger partial charge in [0.1, 0.15) is 23.9 Å². The van der Waals surface area contributed by atoms with Crippen LogP contribution in [-0.4, -0.2) is 65.4 Å². The average Bonchev–Trinajstić information content (AvgIpc) is 3.60. The molecule has 0 radical (unpaired) electrons. The maximum Gasteiger partial charge on any atom is 0.168 e. The van der Waals surface area contributed by atoms with Crippen LogP contribution in [0, 0.1) is 0 Å². The van der Waals surface area contributed by atoms with Crippen molar-refractivity contribution in [3.8, 4) is 22.6 Å². The van der Waals surface area contributed by atoms with E-state index in [4.69, 9.17) is 19.4 Å². The molecule has 1 saturated heterocycles. The lowest BCUT2D eigenvalue weighted by atomic mass is 10.1. The first kappa shape index (κ1) is 22.2. The van der Waals surface area contributed by atoms with E-state index in [2.05, 4.69) is 39.2 Å². The van der Waals surface area contributed by atoms with Crippen LogP contribution in [0.4, 0.5) is 5.82 Å². The van der Waals surface area contributed by atoms with E-state index in [0.29, 0.717) is 5.82 Å². The smallest absolute Gasteiger partial charge is 0.168 e. The van der Waals surface area contributed by atoms with Crippen LogP contribution in [0.5, 0.6) is 11.5 Å². The van der Waals surface area contributed by atoms with Crippen LogP contribution < -0.4 is 14.4 Å². The van der Waals surface area contributed by atoms with Gasteiger partial charge in [-0.15, -0.1) is 0 Å². The highest BCUT2D eigenvalue weighted by molar-refractivity contribution is 5.93. The minimum absolute atomic E-state index is 0.277. The number of H-pyrrole nitrogens is 1. The molecule has 4 aromatic rings. The summed E-state index contributed by atoms with van der Waals surface area (Å²) in [5, 5.41) is 8.00. The largest absolute Gasteiger partial charge is 0.497 e. The molecule has 3 heterocycles. The first-order chi connectivity index (χ1) is 16.7. The van der Waals surface area contributed by atoms with E-state index in [-0.39, 0.29) is 6.61 Å². The number of aromatic amines is 1. The molecule has 8 heteroatoms. The van der Waals surface area contributed by atoms with Gasteiger partial charge >= 0.3 is 0 Å². The first-order valence-electron chi connectivity index (χ1n) is 11.7. The lowest BCUT2D eigenvalue weighted by Crippen LogP contribution is -2.32. The van der Waals surface area contributed by atoms with E-state index in [0.717, 1.165) is 52.4 Å². The van der Waals surface area contributed by atoms with Crippen LogP contribution >= 0.6 is 0 Å². The van der Waals surface area contributed by atoms with Gasteiger partial charge in [0.25, 0.3) is 0 Å². The van der Waals surface area contributed by atoms with Gasteiger partial charge in [-0.1, -0.05) is 12.1 Å². The third kappa shape index (κ3) is 4.97. The Balaban J connectivity index is 1.44. The highest BCUT2D eigenvalue weighted by Gasteiger charge is 2.16. The number of nitrogens with zero attached hydrogens (tertiary/aromatic N) is 5. The molecule has 0 amide bonds. The maximum absolute atomic E-state index is 6.00. The number of aromatic nitrogens is 4. The molecular weight excluding hydrogens is 428 g/mol. The summed E-state index contributed by atoms with van der Waals surface area (Å²) in [6.45, 7) is 4.57. The molecule has 0 atom stereocenters. The molecule has 2 aromatic heterocycles. The number of ether oxygens (including phenoxy) is 2. The number of hydrogen-bond acceptors (Lipinski definition) is 7. The molecule has 0 bridgehead atoms. The van der Waals surface area contributed by atoms with Gasteiger partial charge in [-0.3, -0.25) is 5.10 Å². The number of nitrogens with one attached hydrogen (secondary N) is 1. The zero-order valence-corrected chi connectivity index (χ0v) is 19.7. The Kier molecular flexibility index (Phi) is 6.58. The molecule has 0 aliphatic carbocycles. The standard InChI is InChI=1S/C26H30N6O2/c1-31(12-13-32-10-3-4-11-32)26-23-14-19(20-16-27-28-17-20)8-9-24(23)29-25(30-26)18-34-22-7-5-6-21(15-22)33-2/h5-9,14-17H,3-4,10-13,18H2,1-2H3,(H,27,28). The summed E-state index contributed by atoms with van der Waals surface area (Å²) in [7, 11) is 3.75. The Hall–Kier alpha value is -3.65. The van der Waals surface area contributed by atoms with E-state index in [9.17, 15) is 0 Å². The normalized spacial score (nSPS) is 13.9. The van der Waals surface area contributed by atoms with Crippen LogP contribution in [-0.2, 0) is 6.61 Å². The maximum atomic E-state index is 6.00. The fourth-order valence-corrected chi connectivity index (χ4v) is 4.35. The number of likely N-dealkylation sites (N-methyl/N-ethyl adjacent to an activating group) is 1. The van der Waals surface area contributed by atoms with E-state index < -0.39 is 0 Å². The van der Waals surface area contributed by atoms with Crippen molar-refractivity contribution in [1.29, 1.82) is 0 Å². The molecule has 2 aromatic carbocycles. The second kappa shape index (κ2) is 10.1. The molecule has 8 nitrogen and oxygen atoms in total. The average molecular weight is 459 g/mol. The monoisotopic (exact) mass is 458 g/mol. The van der Waals surface area contributed by atoms with Crippen molar-refractivity contribution < 1.29 is 9.47 Å². The Bertz CT molecular complexity index is 1240. The van der Waals surface area contributed by atoms with Gasteiger partial charge in [0.15, 0.2) is 5.82 Å². The topological polar surface area (TPSA) is 79.4 Å². The van der Waals surface area contributed by atoms with Crippen LogP contribution in [0.25, 0.3) is 22.0 Å². The first-order valence-corrected chi connectivity index (χ1v) is 11.7. The fourth-order valence-electron chi connectivity index (χ4n) is 4.35. The Morgan fingerprint density at radius 2 is 1.88 bits per heavy atom. The molecule has 0 spiro atoms. The summed E-state index contributed by atoms with van der Waals surface area (Å²) in [5.41, 5.74) is 3.02. The van der Waals surface area contributed by atoms with Crippen LogP contribution in [0.15, 0.2) is 54.9 Å². The quantitative estimate of drug-likeness (QED) is 0.404. The van der Waals surface area contributed by atoms with E-state index >= 15 is 0 Å². The summed E-state index contributed by atoms with van der Waals surface area (Å²) < 4.78 is 11.3. The van der Waals surface area contributed by atoms with Crippen LogP contribution in [0.2, 0.25) is 0 Å². The van der Waals surface area contributed by atoms with Crippen LogP contribution in [0.1, 0.15) is 18.7 Å². The molecule has 1 aliphatic heterocycles. The van der Waals surface area contributed by atoms with Crippen molar-refractivity contribution in [3.63, 3.8) is 0 Å². The van der Waals surface area contributed by atoms with Gasteiger partial charge < -0.3 is 19.3 Å². The molecule has 0 saturated carbocycles. The second-order valence-electron chi connectivity index (χ2n) is 8.62. The zero-order chi connectivity index (χ0) is 23.3. The molecule has 176 valence electrons. The number of hydrogen-bond donors (Lipinski definition) is 1. The summed E-state index contributed by atoms with van der Waals surface area (Å²) >= 11 is 0. The summed E-state index contributed by atoms with van der Waals surface area (Å²) in [5.74, 6) is 3.04. The van der Waals surface area contributed by atoms with E-state index in [1.165, 1.54) is 25.9 Å². The minimum Gasteiger partial charge on any atom is -0.497 e. The van der Waals surface area contributed by atoms with Gasteiger partial charge in [-0.25, -0.2) is 9.97 Å². The summed E-state index contributed by atoms with van der Waals surface area (Å²) in [6, 6.07) is 13.8. The molecule has 5 rings (SSSR count). The predicted octanol–water partition coefficient (Wildman–Crippen LogP) is 4.14. The number of anilines is 1. The number of benzene rings is 2. The van der Waals surface area contributed by atoms with E-state index in [1.807, 2.05) is 42.7 Å². The van der Waals surface area contributed by atoms with Crippen molar-refractivity contribution in [2.24, 2.45) is 0 Å². The summed E-state index contributed by atoms with van der Waals surface area (Å²) in [6.07, 6.45) is 6.31. The number of rotatable bonds is 9. The Labute approximate surface area is 199 Å². The molecule has 34 heavy (non-hydrogen) atoms. The zero-order valence-electron chi connectivity index (χ0n) is 19.7. The Morgan fingerprint density at radius 1 is 1.03 bits per heavy atom. The second-order valence-corrected chi connectivity index (χ2v) is 8.62. The molecule has 1 N–H and O–H groups in total. The highest BCUT2D eigenvalue weighted by atomic mass is 16.5. The SMILES string of the molecule is COc1cccc(OCc2nc(N(C)CCN3CCCC3)c3cc(-c4cn[nH]c4)ccc3n2)c1. The van der Waals surface area contributed by atoms with Crippen molar-refractivity contribution in [3.05, 3.63) is 60.7 Å². The van der Waals surface area contributed by atoms with Crippen LogP contribution in [0.3, 0.4) is 0 Å². The van der Waals surface area contributed by atoms with Crippen molar-refractivity contribution in [2.45, 2.75) is 19.4 Å². The molecule has 1 fully saturated rings. The third-order valence-corrected chi connectivity index (χ3v) is 6.27. The molecule has 0 unspecified atom stereocenters. The Morgan fingerprint density at radius 3 is 2.68 bits per heavy atom. The molecule has 1 aliphatic rings. The minimum atomic E-state index is 0.277. The van der Waals surface area contributed by atoms with Crippen molar-refractivity contribution in [1.82, 2.24) is 25.1 Å². The fraction of sp³-hybridized carbons (Fsp3) is 0.346. The highest BCUT2D eigenvalue weighted by Crippen LogP contribution is 2.29. The summed E-state index contributed by atoms with van der Waals surface area (Å²) in [4.78, 5) is 14.5. The molecular formula is C26H30N6O2. The predicted molar refractivity (Wildman–Crippen MR) is 133 cm³/mol. The van der Waals surface area contributed by atoms with Gasteiger partial charge in [-0.05, 0) is 55.8 Å². The van der Waals surface area contributed by atoms with Crippen molar-refractivity contribution in [2.75, 3.05) is 45.2 Å². The van der Waals surface area contributed by atoms with Gasteiger partial charge in [-0.2, -0.15) is 5.10 Å². The lowest BCUT2D eigenvalue weighted by molar-refractivity contribution is 0.294. The number of methoxy groups -OCH3 is 1. The number of likely N-dealkylation sites (tertiary alicyclic amines) is 1.